The number of nitrogens with one attached hydrogen (secondary N) is 1. The first kappa shape index (κ1) is 18.8. The quantitative estimate of drug-likeness (QED) is 0.569. The number of carbonyl (C=O) groups excluding carboxylic acids is 1. The molecule has 0 atom stereocenters. The molecule has 5 nitrogen and oxygen atoms in total. The third-order valence-electron chi connectivity index (χ3n) is 3.53. The van der Waals surface area contributed by atoms with Crippen molar-refractivity contribution in [3.63, 3.8) is 0 Å². The van der Waals surface area contributed by atoms with Gasteiger partial charge in [-0.1, -0.05) is 41.5 Å². The number of anilines is 1. The number of aromatic nitrogens is 1. The van der Waals surface area contributed by atoms with Gasteiger partial charge in [0.15, 0.2) is 10.9 Å². The number of halogens is 2. The highest BCUT2D eigenvalue weighted by Gasteiger charge is 2.16. The average Bonchev–Trinajstić information content (AvgIpc) is 3.02. The van der Waals surface area contributed by atoms with E-state index < -0.39 is 0 Å². The fraction of sp³-hybridized carbons (Fsp3) is 0.222. The Morgan fingerprint density at radius 1 is 1.23 bits per heavy atom. The van der Waals surface area contributed by atoms with E-state index in [4.69, 9.17) is 32.7 Å². The number of hydrogen-bond acceptors (Lipinski definition) is 5. The van der Waals surface area contributed by atoms with Crippen LogP contribution in [0.4, 0.5) is 5.13 Å². The predicted molar refractivity (Wildman–Crippen MR) is 106 cm³/mol. The minimum Gasteiger partial charge on any atom is -0.497 e. The van der Waals surface area contributed by atoms with Gasteiger partial charge in [-0.15, -0.1) is 0 Å². The molecule has 0 aliphatic heterocycles. The second-order valence-corrected chi connectivity index (χ2v) is 7.27. The molecular weight excluding hydrogens is 395 g/mol. The maximum Gasteiger partial charge on any atom is 0.257 e. The first-order valence-corrected chi connectivity index (χ1v) is 9.46. The van der Waals surface area contributed by atoms with Crippen LogP contribution < -0.4 is 14.8 Å². The number of benzene rings is 2. The molecule has 1 heterocycles. The molecule has 0 radical (unpaired) electrons. The number of methoxy groups -OCH3 is 1. The average molecular weight is 411 g/mol. The van der Waals surface area contributed by atoms with Gasteiger partial charge in [-0.25, -0.2) is 4.98 Å². The van der Waals surface area contributed by atoms with E-state index >= 15 is 0 Å². The van der Waals surface area contributed by atoms with Crippen molar-refractivity contribution >= 4 is 55.8 Å². The van der Waals surface area contributed by atoms with Crippen molar-refractivity contribution in [2.45, 2.75) is 13.3 Å². The Kier molecular flexibility index (Phi) is 5.86. The van der Waals surface area contributed by atoms with Gasteiger partial charge in [0.25, 0.3) is 5.91 Å². The van der Waals surface area contributed by atoms with E-state index in [9.17, 15) is 4.79 Å². The minimum atomic E-state index is -0.345. The molecule has 0 aliphatic carbocycles. The maximum atomic E-state index is 12.5. The minimum absolute atomic E-state index is 0.296. The van der Waals surface area contributed by atoms with E-state index in [1.165, 1.54) is 23.5 Å². The van der Waals surface area contributed by atoms with Gasteiger partial charge in [0, 0.05) is 5.56 Å². The van der Waals surface area contributed by atoms with Gasteiger partial charge < -0.3 is 9.47 Å². The number of ether oxygens (including phenoxy) is 2. The lowest BCUT2D eigenvalue weighted by atomic mass is 10.2. The number of carbonyl (C=O) groups is 1. The van der Waals surface area contributed by atoms with E-state index in [1.807, 2.05) is 25.1 Å². The molecule has 0 spiro atoms. The van der Waals surface area contributed by atoms with Crippen molar-refractivity contribution in [3.8, 4) is 11.5 Å². The first-order valence-electron chi connectivity index (χ1n) is 7.89. The molecule has 1 amide bonds. The van der Waals surface area contributed by atoms with E-state index in [0.29, 0.717) is 33.1 Å². The molecule has 3 aromatic rings. The smallest absolute Gasteiger partial charge is 0.257 e. The molecule has 3 rings (SSSR count). The molecule has 0 fully saturated rings. The Balaban J connectivity index is 1.81. The fourth-order valence-corrected chi connectivity index (χ4v) is 3.77. The van der Waals surface area contributed by atoms with Crippen molar-refractivity contribution in [2.75, 3.05) is 19.0 Å². The molecule has 0 aliphatic rings. The number of amides is 1. The zero-order valence-electron chi connectivity index (χ0n) is 14.1. The van der Waals surface area contributed by atoms with Gasteiger partial charge in [-0.2, -0.15) is 0 Å². The number of hydrogen-bond donors (Lipinski definition) is 1. The lowest BCUT2D eigenvalue weighted by Gasteiger charge is -2.10. The van der Waals surface area contributed by atoms with Crippen LogP contribution in [-0.2, 0) is 0 Å². The highest BCUT2D eigenvalue weighted by atomic mass is 35.5. The highest BCUT2D eigenvalue weighted by Crippen LogP contribution is 2.35. The number of thiazole rings is 1. The molecule has 0 bridgehead atoms. The zero-order chi connectivity index (χ0) is 18.7. The monoisotopic (exact) mass is 410 g/mol. The van der Waals surface area contributed by atoms with E-state index in [2.05, 4.69) is 10.3 Å². The van der Waals surface area contributed by atoms with Gasteiger partial charge in [0.1, 0.15) is 5.75 Å². The Morgan fingerprint density at radius 2 is 1.96 bits per heavy atom. The first-order chi connectivity index (χ1) is 12.5. The fourth-order valence-electron chi connectivity index (χ4n) is 2.29. The summed E-state index contributed by atoms with van der Waals surface area (Å²) in [5.41, 5.74) is 1.12. The lowest BCUT2D eigenvalue weighted by molar-refractivity contribution is 0.102. The van der Waals surface area contributed by atoms with E-state index in [-0.39, 0.29) is 5.91 Å². The van der Waals surface area contributed by atoms with Gasteiger partial charge in [-0.3, -0.25) is 10.1 Å². The Labute approximate surface area is 164 Å². The summed E-state index contributed by atoms with van der Waals surface area (Å²) in [6.45, 7) is 2.48. The summed E-state index contributed by atoms with van der Waals surface area (Å²) in [5, 5.41) is 3.85. The van der Waals surface area contributed by atoms with Crippen LogP contribution in [0.1, 0.15) is 23.7 Å². The lowest BCUT2D eigenvalue weighted by Crippen LogP contribution is -2.12. The van der Waals surface area contributed by atoms with Gasteiger partial charge in [-0.05, 0) is 36.8 Å². The van der Waals surface area contributed by atoms with Gasteiger partial charge >= 0.3 is 0 Å². The third kappa shape index (κ3) is 4.03. The Morgan fingerprint density at radius 3 is 2.62 bits per heavy atom. The summed E-state index contributed by atoms with van der Waals surface area (Å²) < 4.78 is 11.6. The standard InChI is InChI=1S/C18H16Cl2N2O3S/c1-3-6-25-16-12(19)7-10(8-13(16)20)17(23)22-18-21-14-5-4-11(24-2)9-15(14)26-18/h4-5,7-9H,3,6H2,1-2H3,(H,21,22,23). The van der Waals surface area contributed by atoms with Crippen molar-refractivity contribution in [1.29, 1.82) is 0 Å². The van der Waals surface area contributed by atoms with Crippen LogP contribution in [0.3, 0.4) is 0 Å². The predicted octanol–water partition coefficient (Wildman–Crippen LogP) is 5.65. The zero-order valence-corrected chi connectivity index (χ0v) is 16.5. The van der Waals surface area contributed by atoms with Crippen LogP contribution in [0.15, 0.2) is 30.3 Å². The second-order valence-electron chi connectivity index (χ2n) is 5.42. The van der Waals surface area contributed by atoms with Crippen molar-refractivity contribution < 1.29 is 14.3 Å². The molecule has 1 aromatic heterocycles. The molecule has 26 heavy (non-hydrogen) atoms. The van der Waals surface area contributed by atoms with Crippen LogP contribution in [0.5, 0.6) is 11.5 Å². The summed E-state index contributed by atoms with van der Waals surface area (Å²) in [6, 6.07) is 8.60. The summed E-state index contributed by atoms with van der Waals surface area (Å²) in [7, 11) is 1.60. The summed E-state index contributed by atoms with van der Waals surface area (Å²) in [6.07, 6.45) is 0.831. The second kappa shape index (κ2) is 8.12. The highest BCUT2D eigenvalue weighted by molar-refractivity contribution is 7.22. The largest absolute Gasteiger partial charge is 0.497 e. The topological polar surface area (TPSA) is 60.5 Å². The Hall–Kier alpha value is -2.02. The van der Waals surface area contributed by atoms with Gasteiger partial charge in [0.05, 0.1) is 34.0 Å². The van der Waals surface area contributed by atoms with E-state index in [1.54, 1.807) is 7.11 Å². The SMILES string of the molecule is CCCOc1c(Cl)cc(C(=O)Nc2nc3ccc(OC)cc3s2)cc1Cl. The molecule has 0 saturated carbocycles. The summed E-state index contributed by atoms with van der Waals surface area (Å²) in [5.74, 6) is 0.779. The molecule has 0 unspecified atom stereocenters. The Bertz CT molecular complexity index is 936. The summed E-state index contributed by atoms with van der Waals surface area (Å²) >= 11 is 13.8. The molecule has 1 N–H and O–H groups in total. The van der Waals surface area contributed by atoms with Crippen LogP contribution in [-0.4, -0.2) is 24.6 Å². The third-order valence-corrected chi connectivity index (χ3v) is 5.02. The van der Waals surface area contributed by atoms with Crippen LogP contribution in [0, 0.1) is 0 Å². The number of rotatable bonds is 6. The van der Waals surface area contributed by atoms with Crippen molar-refractivity contribution in [2.24, 2.45) is 0 Å². The number of fused-ring (bicyclic) bond motifs is 1. The normalized spacial score (nSPS) is 10.8. The number of nitrogens with zero attached hydrogens (tertiary/aromatic N) is 1. The molecular formula is C18H16Cl2N2O3S. The molecule has 0 saturated heterocycles. The van der Waals surface area contributed by atoms with E-state index in [0.717, 1.165) is 22.4 Å². The van der Waals surface area contributed by atoms with Crippen LogP contribution in [0.25, 0.3) is 10.2 Å². The maximum absolute atomic E-state index is 12.5. The molecule has 8 heteroatoms. The molecule has 136 valence electrons. The van der Waals surface area contributed by atoms with Crippen LogP contribution >= 0.6 is 34.5 Å². The van der Waals surface area contributed by atoms with Gasteiger partial charge in [0.2, 0.25) is 0 Å². The van der Waals surface area contributed by atoms with Crippen LogP contribution in [0.2, 0.25) is 10.0 Å². The summed E-state index contributed by atoms with van der Waals surface area (Å²) in [4.78, 5) is 16.9. The molecule has 2 aromatic carbocycles. The van der Waals surface area contributed by atoms with Crippen molar-refractivity contribution in [3.05, 3.63) is 45.9 Å². The van der Waals surface area contributed by atoms with Crippen molar-refractivity contribution in [1.82, 2.24) is 4.98 Å².